The first-order valence-corrected chi connectivity index (χ1v) is 9.62. The summed E-state index contributed by atoms with van der Waals surface area (Å²) in [5.74, 6) is 2.50. The Morgan fingerprint density at radius 2 is 2.15 bits per heavy atom. The van der Waals surface area contributed by atoms with Crippen molar-refractivity contribution in [1.82, 2.24) is 4.90 Å². The van der Waals surface area contributed by atoms with Gasteiger partial charge in [-0.15, -0.1) is 0 Å². The second kappa shape index (κ2) is 5.28. The Bertz CT molecular complexity index is 906. The van der Waals surface area contributed by atoms with Crippen LogP contribution < -0.4 is 9.47 Å². The number of hydrogen-bond acceptors (Lipinski definition) is 4. The van der Waals surface area contributed by atoms with Crippen molar-refractivity contribution in [2.45, 2.75) is 37.3 Å². The molecule has 26 heavy (non-hydrogen) atoms. The van der Waals surface area contributed by atoms with Crippen molar-refractivity contribution < 1.29 is 19.0 Å². The molecule has 6 heteroatoms. The summed E-state index contributed by atoms with van der Waals surface area (Å²) in [6.45, 7) is 2.38. The van der Waals surface area contributed by atoms with Gasteiger partial charge in [0, 0.05) is 23.5 Å². The van der Waals surface area contributed by atoms with Gasteiger partial charge in [0.05, 0.1) is 25.7 Å². The third-order valence-electron chi connectivity index (χ3n) is 6.37. The number of rotatable bonds is 2. The largest absolute Gasteiger partial charge is 0.497 e. The van der Waals surface area contributed by atoms with Gasteiger partial charge in [-0.25, -0.2) is 0 Å². The fourth-order valence-electron chi connectivity index (χ4n) is 5.34. The van der Waals surface area contributed by atoms with Gasteiger partial charge in [0.25, 0.3) is 0 Å². The van der Waals surface area contributed by atoms with Gasteiger partial charge in [-0.1, -0.05) is 22.0 Å². The number of benzene rings is 1. The number of hydrogen-bond donors (Lipinski definition) is 0. The number of likely N-dealkylation sites (tertiary alicyclic amines) is 1. The topological polar surface area (TPSA) is 48.0 Å². The first kappa shape index (κ1) is 16.2. The Morgan fingerprint density at radius 1 is 1.35 bits per heavy atom. The summed E-state index contributed by atoms with van der Waals surface area (Å²) in [6, 6.07) is 2.03. The maximum atomic E-state index is 12.3. The van der Waals surface area contributed by atoms with Crippen molar-refractivity contribution >= 4 is 21.8 Å². The van der Waals surface area contributed by atoms with Crippen molar-refractivity contribution in [3.8, 4) is 11.5 Å². The van der Waals surface area contributed by atoms with E-state index in [2.05, 4.69) is 22.0 Å². The number of halogens is 1. The van der Waals surface area contributed by atoms with Crippen LogP contribution in [0.4, 0.5) is 0 Å². The Kier molecular flexibility index (Phi) is 3.30. The summed E-state index contributed by atoms with van der Waals surface area (Å²) in [5, 5.41) is 0. The predicted octanol–water partition coefficient (Wildman–Crippen LogP) is 3.10. The van der Waals surface area contributed by atoms with E-state index in [0.29, 0.717) is 0 Å². The fraction of sp³-hybridized carbons (Fsp3) is 0.450. The van der Waals surface area contributed by atoms with Gasteiger partial charge in [0.15, 0.2) is 17.6 Å². The van der Waals surface area contributed by atoms with Crippen LogP contribution in [0.3, 0.4) is 0 Å². The summed E-state index contributed by atoms with van der Waals surface area (Å²) >= 11 is 3.73. The minimum absolute atomic E-state index is 0.0603. The van der Waals surface area contributed by atoms with E-state index in [0.717, 1.165) is 41.1 Å². The van der Waals surface area contributed by atoms with Gasteiger partial charge >= 0.3 is 0 Å². The lowest BCUT2D eigenvalue weighted by atomic mass is 9.57. The molecule has 2 aliphatic heterocycles. The van der Waals surface area contributed by atoms with E-state index in [1.807, 2.05) is 17.0 Å². The predicted molar refractivity (Wildman–Crippen MR) is 99.5 cm³/mol. The molecule has 5 rings (SSSR count). The van der Waals surface area contributed by atoms with Gasteiger partial charge in [-0.2, -0.15) is 0 Å². The maximum Gasteiger partial charge on any atom is 0.219 e. The molecule has 1 amide bonds. The van der Waals surface area contributed by atoms with Crippen LogP contribution in [-0.4, -0.2) is 43.7 Å². The summed E-state index contributed by atoms with van der Waals surface area (Å²) in [7, 11) is 3.36. The van der Waals surface area contributed by atoms with Crippen LogP contribution >= 0.6 is 15.9 Å². The highest BCUT2D eigenvalue weighted by atomic mass is 79.9. The third-order valence-corrected chi connectivity index (χ3v) is 7.08. The number of carbonyl (C=O) groups excluding carboxylic acids is 1. The SMILES string of the molecule is COC1=CC=C2C3Cc4c(Br)cc(OC)c5c4C2(CCN3C(C)=O)C1O5. The van der Waals surface area contributed by atoms with Crippen LogP contribution in [0.25, 0.3) is 0 Å². The molecule has 3 atom stereocenters. The van der Waals surface area contributed by atoms with Crippen LogP contribution in [0.5, 0.6) is 11.5 Å². The van der Waals surface area contributed by atoms with E-state index < -0.39 is 0 Å². The molecule has 136 valence electrons. The molecular weight excluding hydrogens is 398 g/mol. The molecule has 1 aromatic rings. The van der Waals surface area contributed by atoms with Crippen LogP contribution in [0.15, 0.2) is 34.0 Å². The quantitative estimate of drug-likeness (QED) is 0.741. The highest BCUT2D eigenvalue weighted by molar-refractivity contribution is 9.10. The fourth-order valence-corrected chi connectivity index (χ4v) is 5.90. The molecule has 1 saturated heterocycles. The zero-order valence-corrected chi connectivity index (χ0v) is 16.6. The number of methoxy groups -OCH3 is 2. The van der Waals surface area contributed by atoms with Crippen LogP contribution in [0.2, 0.25) is 0 Å². The van der Waals surface area contributed by atoms with Gasteiger partial charge in [-0.3, -0.25) is 4.79 Å². The maximum absolute atomic E-state index is 12.3. The number of ether oxygens (including phenoxy) is 3. The summed E-state index contributed by atoms with van der Waals surface area (Å²) < 4.78 is 18.8. The van der Waals surface area contributed by atoms with E-state index in [9.17, 15) is 4.79 Å². The number of piperidine rings is 1. The normalized spacial score (nSPS) is 30.1. The van der Waals surface area contributed by atoms with E-state index in [-0.39, 0.29) is 23.5 Å². The average molecular weight is 418 g/mol. The third kappa shape index (κ3) is 1.73. The molecule has 1 aromatic carbocycles. The number of allylic oxidation sites excluding steroid dienone is 2. The van der Waals surface area contributed by atoms with Crippen molar-refractivity contribution in [2.24, 2.45) is 0 Å². The standard InChI is InChI=1S/C20H20BrNO4/c1-10(23)22-7-6-20-12-4-5-15(24-2)19(20)26-18-16(25-3)9-13(21)11(17(18)20)8-14(12)22/h4-5,9,14,19H,6-8H2,1-3H3. The average Bonchev–Trinajstić information content (AvgIpc) is 2.96. The minimum Gasteiger partial charge on any atom is -0.497 e. The Hall–Kier alpha value is -1.95. The molecular formula is C20H20BrNO4. The van der Waals surface area contributed by atoms with Crippen molar-refractivity contribution in [3.63, 3.8) is 0 Å². The lowest BCUT2D eigenvalue weighted by molar-refractivity contribution is -0.132. The van der Waals surface area contributed by atoms with Crippen LogP contribution in [-0.2, 0) is 21.4 Å². The second-order valence-electron chi connectivity index (χ2n) is 7.29. The van der Waals surface area contributed by atoms with Crippen molar-refractivity contribution in [3.05, 3.63) is 45.2 Å². The molecule has 5 nitrogen and oxygen atoms in total. The molecule has 0 aromatic heterocycles. The van der Waals surface area contributed by atoms with Gasteiger partial charge < -0.3 is 19.1 Å². The molecule has 2 aliphatic carbocycles. The molecule has 1 fully saturated rings. The zero-order valence-electron chi connectivity index (χ0n) is 15.0. The highest BCUT2D eigenvalue weighted by Crippen LogP contribution is 2.63. The number of amides is 1. The van der Waals surface area contributed by atoms with E-state index in [1.54, 1.807) is 21.1 Å². The summed E-state index contributed by atoms with van der Waals surface area (Å²) in [4.78, 5) is 14.3. The molecule has 0 radical (unpaired) electrons. The Morgan fingerprint density at radius 3 is 2.85 bits per heavy atom. The second-order valence-corrected chi connectivity index (χ2v) is 8.14. The van der Waals surface area contributed by atoms with Gasteiger partial charge in [-0.05, 0) is 36.1 Å². The van der Waals surface area contributed by atoms with Crippen LogP contribution in [0.1, 0.15) is 24.5 Å². The Balaban J connectivity index is 1.83. The monoisotopic (exact) mass is 417 g/mol. The smallest absolute Gasteiger partial charge is 0.219 e. The number of nitrogens with zero attached hydrogens (tertiary/aromatic N) is 1. The molecule has 0 saturated carbocycles. The van der Waals surface area contributed by atoms with E-state index in [1.165, 1.54) is 16.7 Å². The lowest BCUT2D eigenvalue weighted by Crippen LogP contribution is -2.60. The minimum atomic E-state index is -0.281. The van der Waals surface area contributed by atoms with Crippen molar-refractivity contribution in [1.29, 1.82) is 0 Å². The van der Waals surface area contributed by atoms with E-state index in [4.69, 9.17) is 14.2 Å². The molecule has 3 unspecified atom stereocenters. The van der Waals surface area contributed by atoms with Gasteiger partial charge in [0.1, 0.15) is 5.76 Å². The Labute approximate surface area is 160 Å². The first-order valence-electron chi connectivity index (χ1n) is 8.83. The van der Waals surface area contributed by atoms with Crippen molar-refractivity contribution in [2.75, 3.05) is 20.8 Å². The number of carbonyl (C=O) groups is 1. The molecule has 4 aliphatic rings. The highest BCUT2D eigenvalue weighted by Gasteiger charge is 2.63. The first-order chi connectivity index (χ1) is 12.5. The van der Waals surface area contributed by atoms with Crippen LogP contribution in [0, 0.1) is 0 Å². The molecule has 2 bridgehead atoms. The summed E-state index contributed by atoms with van der Waals surface area (Å²) in [6.07, 6.45) is 5.53. The molecule has 2 heterocycles. The zero-order chi connectivity index (χ0) is 18.2. The molecule has 1 spiro atoms. The van der Waals surface area contributed by atoms with Gasteiger partial charge in [0.2, 0.25) is 5.91 Å². The van der Waals surface area contributed by atoms with E-state index >= 15 is 0 Å². The lowest BCUT2D eigenvalue weighted by Gasteiger charge is -2.53. The molecule has 0 N–H and O–H groups in total. The summed E-state index contributed by atoms with van der Waals surface area (Å²) in [5.41, 5.74) is 3.41.